The van der Waals surface area contributed by atoms with Crippen molar-refractivity contribution in [3.63, 3.8) is 0 Å². The van der Waals surface area contributed by atoms with E-state index in [0.29, 0.717) is 5.92 Å². The van der Waals surface area contributed by atoms with E-state index >= 15 is 0 Å². The first-order valence-corrected chi connectivity index (χ1v) is 2.85. The quantitative estimate of drug-likeness (QED) is 0.320. The third-order valence-electron chi connectivity index (χ3n) is 0.603. The van der Waals surface area contributed by atoms with Gasteiger partial charge in [0.15, 0.2) is 6.34 Å². The van der Waals surface area contributed by atoms with Gasteiger partial charge in [0.1, 0.15) is 7.11 Å². The first-order valence-electron chi connectivity index (χ1n) is 2.85. The maximum Gasteiger partial charge on any atom is 0.154 e. The Bertz CT molecular complexity index is 108. The first-order chi connectivity index (χ1) is 4.27. The van der Waals surface area contributed by atoms with Gasteiger partial charge in [-0.2, -0.15) is 0 Å². The van der Waals surface area contributed by atoms with E-state index in [9.17, 15) is 0 Å². The monoisotopic (exact) mass is 128 g/mol. The zero-order valence-corrected chi connectivity index (χ0v) is 6.03. The molecule has 0 fully saturated rings. The molecule has 3 nitrogen and oxygen atoms in total. The molecule has 52 valence electrons. The molecule has 0 aromatic carbocycles. The van der Waals surface area contributed by atoms with Crippen LogP contribution in [0.2, 0.25) is 0 Å². The predicted octanol–water partition coefficient (Wildman–Crippen LogP) is 1.30. The molecular weight excluding hydrogens is 116 g/mol. The molecular formula is C6H12N2O. The summed E-state index contributed by atoms with van der Waals surface area (Å²) in [5.41, 5.74) is 0. The number of nitrogens with zero attached hydrogens (tertiary/aromatic N) is 2. The van der Waals surface area contributed by atoms with Crippen LogP contribution in [0.1, 0.15) is 13.8 Å². The third-order valence-corrected chi connectivity index (χ3v) is 0.603. The molecule has 0 bridgehead atoms. The molecule has 0 radical (unpaired) electrons. The highest BCUT2D eigenvalue weighted by Crippen LogP contribution is 1.82. The van der Waals surface area contributed by atoms with Crippen LogP contribution in [-0.2, 0) is 4.84 Å². The smallest absolute Gasteiger partial charge is 0.154 e. The van der Waals surface area contributed by atoms with Gasteiger partial charge in [-0.1, -0.05) is 19.0 Å². The van der Waals surface area contributed by atoms with Gasteiger partial charge in [0.2, 0.25) is 0 Å². The molecule has 0 N–H and O–H groups in total. The molecule has 0 aromatic heterocycles. The average Bonchev–Trinajstić information content (AvgIpc) is 1.80. The minimum atomic E-state index is 0.466. The van der Waals surface area contributed by atoms with Gasteiger partial charge < -0.3 is 4.84 Å². The van der Waals surface area contributed by atoms with Gasteiger partial charge in [0.05, 0.1) is 0 Å². The number of oxime groups is 1. The molecule has 0 aliphatic rings. The topological polar surface area (TPSA) is 34.0 Å². The first kappa shape index (κ1) is 8.14. The molecule has 0 unspecified atom stereocenters. The normalized spacial score (nSPS) is 12.0. The standard InChI is InChI=1S/C6H12N2O/c1-6(2)4-7-5-8-9-3/h4-6H,1-3H3/b7-4?,8-5-. The highest BCUT2D eigenvalue weighted by molar-refractivity contribution is 5.72. The Morgan fingerprint density at radius 1 is 1.44 bits per heavy atom. The number of rotatable bonds is 3. The molecule has 0 spiro atoms. The van der Waals surface area contributed by atoms with Crippen LogP contribution in [0.15, 0.2) is 10.1 Å². The van der Waals surface area contributed by atoms with Crippen molar-refractivity contribution >= 4 is 12.6 Å². The lowest BCUT2D eigenvalue weighted by molar-refractivity contribution is 0.215. The van der Waals surface area contributed by atoms with E-state index in [1.807, 2.05) is 13.8 Å². The predicted molar refractivity (Wildman–Crippen MR) is 38.8 cm³/mol. The van der Waals surface area contributed by atoms with Crippen LogP contribution in [0.25, 0.3) is 0 Å². The summed E-state index contributed by atoms with van der Waals surface area (Å²) >= 11 is 0. The Morgan fingerprint density at radius 2 is 2.11 bits per heavy atom. The Labute approximate surface area is 55.4 Å². The van der Waals surface area contributed by atoms with Gasteiger partial charge in [-0.05, 0) is 5.92 Å². The minimum Gasteiger partial charge on any atom is -0.398 e. The second-order valence-electron chi connectivity index (χ2n) is 1.95. The molecule has 0 amide bonds. The van der Waals surface area contributed by atoms with Gasteiger partial charge >= 0.3 is 0 Å². The highest BCUT2D eigenvalue weighted by Gasteiger charge is 1.80. The van der Waals surface area contributed by atoms with Crippen molar-refractivity contribution < 1.29 is 4.84 Å². The van der Waals surface area contributed by atoms with E-state index in [2.05, 4.69) is 15.0 Å². The van der Waals surface area contributed by atoms with Crippen molar-refractivity contribution in [1.29, 1.82) is 0 Å². The van der Waals surface area contributed by atoms with Crippen molar-refractivity contribution in [2.75, 3.05) is 7.11 Å². The Kier molecular flexibility index (Phi) is 4.78. The summed E-state index contributed by atoms with van der Waals surface area (Å²) in [6.07, 6.45) is 3.17. The van der Waals surface area contributed by atoms with Crippen LogP contribution in [0.5, 0.6) is 0 Å². The maximum absolute atomic E-state index is 4.38. The Hall–Kier alpha value is -0.860. The summed E-state index contributed by atoms with van der Waals surface area (Å²) in [6, 6.07) is 0. The molecule has 0 saturated heterocycles. The largest absolute Gasteiger partial charge is 0.398 e. The third kappa shape index (κ3) is 7.14. The fraction of sp³-hybridized carbons (Fsp3) is 0.667. The van der Waals surface area contributed by atoms with Crippen molar-refractivity contribution in [2.45, 2.75) is 13.8 Å². The molecule has 0 rings (SSSR count). The summed E-state index contributed by atoms with van der Waals surface area (Å²) < 4.78 is 0. The maximum atomic E-state index is 4.38. The molecule has 0 heterocycles. The van der Waals surface area contributed by atoms with E-state index in [1.54, 1.807) is 6.21 Å². The average molecular weight is 128 g/mol. The van der Waals surface area contributed by atoms with Crippen LogP contribution in [0, 0.1) is 5.92 Å². The van der Waals surface area contributed by atoms with Crippen molar-refractivity contribution in [3.05, 3.63) is 0 Å². The van der Waals surface area contributed by atoms with Crippen LogP contribution in [-0.4, -0.2) is 19.7 Å². The van der Waals surface area contributed by atoms with Crippen LogP contribution in [0.3, 0.4) is 0 Å². The minimum absolute atomic E-state index is 0.466. The lowest BCUT2D eigenvalue weighted by Crippen LogP contribution is -1.86. The SMILES string of the molecule is CO/N=C\N=CC(C)C. The van der Waals surface area contributed by atoms with Gasteiger partial charge in [0.25, 0.3) is 0 Å². The van der Waals surface area contributed by atoms with E-state index < -0.39 is 0 Å². The Morgan fingerprint density at radius 3 is 2.56 bits per heavy atom. The van der Waals surface area contributed by atoms with E-state index in [1.165, 1.54) is 13.4 Å². The molecule has 0 saturated carbocycles. The molecule has 9 heavy (non-hydrogen) atoms. The van der Waals surface area contributed by atoms with Gasteiger partial charge in [-0.15, -0.1) is 0 Å². The number of hydrogen-bond donors (Lipinski definition) is 0. The second kappa shape index (κ2) is 5.28. The summed E-state index contributed by atoms with van der Waals surface area (Å²) in [4.78, 5) is 8.20. The fourth-order valence-corrected chi connectivity index (χ4v) is 0.285. The zero-order valence-electron chi connectivity index (χ0n) is 6.03. The summed E-state index contributed by atoms with van der Waals surface area (Å²) in [6.45, 7) is 4.09. The summed E-state index contributed by atoms with van der Waals surface area (Å²) in [5.74, 6) is 0.466. The lowest BCUT2D eigenvalue weighted by atomic mass is 10.3. The fourth-order valence-electron chi connectivity index (χ4n) is 0.285. The molecule has 0 atom stereocenters. The molecule has 0 aliphatic carbocycles. The van der Waals surface area contributed by atoms with E-state index in [4.69, 9.17) is 0 Å². The number of hydrogen-bond acceptors (Lipinski definition) is 2. The molecule has 0 aromatic rings. The highest BCUT2D eigenvalue weighted by atomic mass is 16.6. The van der Waals surface area contributed by atoms with Crippen molar-refractivity contribution in [1.82, 2.24) is 0 Å². The van der Waals surface area contributed by atoms with E-state index in [-0.39, 0.29) is 0 Å². The van der Waals surface area contributed by atoms with Crippen LogP contribution < -0.4 is 0 Å². The molecule has 3 heteroatoms. The van der Waals surface area contributed by atoms with Gasteiger partial charge in [-0.3, -0.25) is 0 Å². The van der Waals surface area contributed by atoms with Crippen molar-refractivity contribution in [2.24, 2.45) is 16.1 Å². The van der Waals surface area contributed by atoms with Gasteiger partial charge in [-0.25, -0.2) is 4.99 Å². The summed E-state index contributed by atoms with van der Waals surface area (Å²) in [7, 11) is 1.49. The van der Waals surface area contributed by atoms with Gasteiger partial charge in [0, 0.05) is 6.21 Å². The molecule has 0 aliphatic heterocycles. The van der Waals surface area contributed by atoms with E-state index in [0.717, 1.165) is 0 Å². The van der Waals surface area contributed by atoms with Crippen LogP contribution in [0.4, 0.5) is 0 Å². The summed E-state index contributed by atoms with van der Waals surface area (Å²) in [5, 5.41) is 3.42. The zero-order chi connectivity index (χ0) is 7.11. The van der Waals surface area contributed by atoms with Crippen molar-refractivity contribution in [3.8, 4) is 0 Å². The number of aliphatic imine (C=N–C) groups is 1. The Balaban J connectivity index is 3.35. The second-order valence-corrected chi connectivity index (χ2v) is 1.95. The van der Waals surface area contributed by atoms with Crippen LogP contribution >= 0.6 is 0 Å². The lowest BCUT2D eigenvalue weighted by Gasteiger charge is -1.87.